The summed E-state index contributed by atoms with van der Waals surface area (Å²) in [4.78, 5) is 22.7. The highest BCUT2D eigenvalue weighted by Gasteiger charge is 2.31. The number of aromatic amines is 1. The first-order valence-corrected chi connectivity index (χ1v) is 9.54. The number of aliphatic carboxylic acids is 1. The van der Waals surface area contributed by atoms with Gasteiger partial charge in [0.2, 0.25) is 0 Å². The first kappa shape index (κ1) is 17.6. The molecule has 2 N–H and O–H groups in total. The normalized spacial score (nSPS) is 15.8. The van der Waals surface area contributed by atoms with Crippen LogP contribution in [0, 0.1) is 0 Å². The first-order chi connectivity index (χ1) is 13.2. The van der Waals surface area contributed by atoms with Crippen molar-refractivity contribution in [3.8, 4) is 0 Å². The minimum Gasteiger partial charge on any atom is -0.480 e. The van der Waals surface area contributed by atoms with Crippen LogP contribution in [0.25, 0.3) is 0 Å². The van der Waals surface area contributed by atoms with Crippen LogP contribution in [0.1, 0.15) is 17.3 Å². The van der Waals surface area contributed by atoms with Crippen molar-refractivity contribution in [1.29, 1.82) is 0 Å². The Balaban J connectivity index is 1.65. The number of aromatic nitrogens is 2. The molecule has 6 nitrogen and oxygen atoms in total. The molecule has 7 heteroatoms. The molecule has 0 fully saturated rings. The van der Waals surface area contributed by atoms with Crippen LogP contribution in [0.2, 0.25) is 0 Å². The second-order valence-electron chi connectivity index (χ2n) is 6.33. The largest absolute Gasteiger partial charge is 0.480 e. The van der Waals surface area contributed by atoms with Crippen molar-refractivity contribution in [2.75, 3.05) is 18.0 Å². The van der Waals surface area contributed by atoms with Crippen LogP contribution < -0.4 is 4.90 Å². The highest BCUT2D eigenvalue weighted by molar-refractivity contribution is 7.97. The molecule has 1 unspecified atom stereocenters. The SMILES string of the molecule is O=C(O)C(c1ccccc1)N1CCN(Cc2c[nH]cn2)c2ccccc2S1. The molecule has 2 aromatic carbocycles. The second kappa shape index (κ2) is 7.85. The summed E-state index contributed by atoms with van der Waals surface area (Å²) in [6.07, 6.45) is 3.57. The van der Waals surface area contributed by atoms with Crippen molar-refractivity contribution >= 4 is 23.6 Å². The van der Waals surface area contributed by atoms with Gasteiger partial charge in [-0.15, -0.1) is 0 Å². The number of H-pyrrole nitrogens is 1. The molecule has 3 aromatic rings. The number of benzene rings is 2. The van der Waals surface area contributed by atoms with E-state index in [2.05, 4.69) is 20.9 Å². The van der Waals surface area contributed by atoms with Gasteiger partial charge in [-0.2, -0.15) is 0 Å². The molecule has 0 radical (unpaired) electrons. The Hall–Kier alpha value is -2.77. The lowest BCUT2D eigenvalue weighted by Crippen LogP contribution is -2.34. The summed E-state index contributed by atoms with van der Waals surface area (Å²) in [7, 11) is 0. The van der Waals surface area contributed by atoms with Crippen molar-refractivity contribution < 1.29 is 9.90 Å². The van der Waals surface area contributed by atoms with Crippen molar-refractivity contribution in [3.05, 3.63) is 78.4 Å². The molecule has 0 saturated carbocycles. The van der Waals surface area contributed by atoms with E-state index in [-0.39, 0.29) is 0 Å². The van der Waals surface area contributed by atoms with E-state index in [1.807, 2.05) is 59.0 Å². The first-order valence-electron chi connectivity index (χ1n) is 8.76. The summed E-state index contributed by atoms with van der Waals surface area (Å²) in [5.74, 6) is -0.841. The molecule has 0 bridgehead atoms. The average Bonchev–Trinajstić information content (AvgIpc) is 3.12. The highest BCUT2D eigenvalue weighted by Crippen LogP contribution is 2.40. The lowest BCUT2D eigenvalue weighted by atomic mass is 10.1. The molecule has 4 rings (SSSR count). The zero-order chi connectivity index (χ0) is 18.6. The standard InChI is InChI=1S/C20H20N4O2S/c25-20(26)19(15-6-2-1-3-7-15)24-11-10-23(13-16-12-21-14-22-16)17-8-4-5-9-18(17)27-24/h1-9,12,14,19H,10-11,13H2,(H,21,22)(H,25,26). The van der Waals surface area contributed by atoms with Crippen molar-refractivity contribution in [1.82, 2.24) is 14.3 Å². The van der Waals surface area contributed by atoms with Crippen LogP contribution in [-0.2, 0) is 11.3 Å². The Morgan fingerprint density at radius 3 is 2.67 bits per heavy atom. The zero-order valence-electron chi connectivity index (χ0n) is 14.7. The number of hydrogen-bond acceptors (Lipinski definition) is 5. The zero-order valence-corrected chi connectivity index (χ0v) is 15.5. The Kier molecular flexibility index (Phi) is 5.13. The summed E-state index contributed by atoms with van der Waals surface area (Å²) >= 11 is 1.51. The van der Waals surface area contributed by atoms with Gasteiger partial charge in [0.25, 0.3) is 0 Å². The maximum absolute atomic E-state index is 12.1. The van der Waals surface area contributed by atoms with Gasteiger partial charge in [-0.05, 0) is 29.6 Å². The summed E-state index contributed by atoms with van der Waals surface area (Å²) in [6, 6.07) is 16.8. The van der Waals surface area contributed by atoms with E-state index in [1.54, 1.807) is 6.33 Å². The van der Waals surface area contributed by atoms with E-state index in [4.69, 9.17) is 0 Å². The van der Waals surface area contributed by atoms with E-state index in [9.17, 15) is 9.90 Å². The van der Waals surface area contributed by atoms with Crippen LogP contribution in [0.4, 0.5) is 5.69 Å². The molecule has 0 aliphatic carbocycles. The van der Waals surface area contributed by atoms with E-state index >= 15 is 0 Å². The molecule has 27 heavy (non-hydrogen) atoms. The fourth-order valence-electron chi connectivity index (χ4n) is 3.29. The summed E-state index contributed by atoms with van der Waals surface area (Å²) in [6.45, 7) is 2.01. The topological polar surface area (TPSA) is 72.5 Å². The van der Waals surface area contributed by atoms with Crippen molar-refractivity contribution in [2.24, 2.45) is 0 Å². The average molecular weight is 380 g/mol. The van der Waals surface area contributed by atoms with Gasteiger partial charge in [-0.3, -0.25) is 4.79 Å². The second-order valence-corrected chi connectivity index (χ2v) is 7.42. The number of rotatable bonds is 5. The van der Waals surface area contributed by atoms with Gasteiger partial charge in [0, 0.05) is 24.2 Å². The lowest BCUT2D eigenvalue weighted by molar-refractivity contribution is -0.141. The molecule has 0 spiro atoms. The van der Waals surface area contributed by atoms with Gasteiger partial charge in [-0.1, -0.05) is 42.5 Å². The Bertz CT molecular complexity index is 901. The maximum Gasteiger partial charge on any atom is 0.326 e. The van der Waals surface area contributed by atoms with E-state index < -0.39 is 12.0 Å². The minimum absolute atomic E-state index is 0.621. The fourth-order valence-corrected chi connectivity index (χ4v) is 4.47. The van der Waals surface area contributed by atoms with Gasteiger partial charge in [0.05, 0.1) is 24.3 Å². The van der Waals surface area contributed by atoms with Crippen molar-refractivity contribution in [2.45, 2.75) is 17.5 Å². The molecular weight excluding hydrogens is 360 g/mol. The van der Waals surface area contributed by atoms with Gasteiger partial charge >= 0.3 is 5.97 Å². The van der Waals surface area contributed by atoms with E-state index in [0.29, 0.717) is 19.6 Å². The number of carboxylic acids is 1. The van der Waals surface area contributed by atoms with Gasteiger partial charge in [0.15, 0.2) is 0 Å². The highest BCUT2D eigenvalue weighted by atomic mass is 32.2. The Labute approximate surface area is 162 Å². The molecule has 1 aliphatic rings. The lowest BCUT2D eigenvalue weighted by Gasteiger charge is -2.27. The monoisotopic (exact) mass is 380 g/mol. The number of carboxylic acid groups (broad SMARTS) is 1. The molecule has 1 aromatic heterocycles. The van der Waals surface area contributed by atoms with E-state index in [0.717, 1.165) is 21.8 Å². The molecular formula is C20H20N4O2S. The number of nitrogens with one attached hydrogen (secondary N) is 1. The maximum atomic E-state index is 12.1. The van der Waals surface area contributed by atoms with Crippen LogP contribution in [0.15, 0.2) is 72.0 Å². The molecule has 2 heterocycles. The third kappa shape index (κ3) is 3.84. The van der Waals surface area contributed by atoms with Crippen molar-refractivity contribution in [3.63, 3.8) is 0 Å². The van der Waals surface area contributed by atoms with Gasteiger partial charge < -0.3 is 15.0 Å². The molecule has 1 atom stereocenters. The molecule has 138 valence electrons. The number of anilines is 1. The smallest absolute Gasteiger partial charge is 0.326 e. The van der Waals surface area contributed by atoms with E-state index in [1.165, 1.54) is 11.9 Å². The number of carbonyl (C=O) groups is 1. The summed E-state index contributed by atoms with van der Waals surface area (Å²) in [5.41, 5.74) is 2.85. The number of fused-ring (bicyclic) bond motifs is 1. The van der Waals surface area contributed by atoms with Crippen LogP contribution >= 0.6 is 11.9 Å². The molecule has 0 saturated heterocycles. The number of imidazole rings is 1. The Morgan fingerprint density at radius 2 is 1.93 bits per heavy atom. The fraction of sp³-hybridized carbons (Fsp3) is 0.200. The number of para-hydroxylation sites is 1. The molecule has 0 amide bonds. The quantitative estimate of drug-likeness (QED) is 0.660. The number of nitrogens with zero attached hydrogens (tertiary/aromatic N) is 3. The predicted molar refractivity (Wildman–Crippen MR) is 105 cm³/mol. The number of hydrogen-bond donors (Lipinski definition) is 2. The summed E-state index contributed by atoms with van der Waals surface area (Å²) in [5, 5.41) is 9.91. The van der Waals surface area contributed by atoms with Crippen LogP contribution in [-0.4, -0.2) is 38.4 Å². The van der Waals surface area contributed by atoms with Gasteiger partial charge in [-0.25, -0.2) is 9.29 Å². The summed E-state index contributed by atoms with van der Waals surface area (Å²) < 4.78 is 1.96. The van der Waals surface area contributed by atoms with Gasteiger partial charge in [0.1, 0.15) is 6.04 Å². The third-order valence-corrected chi connectivity index (χ3v) is 5.73. The molecule has 1 aliphatic heterocycles. The minimum atomic E-state index is -0.841. The van der Waals surface area contributed by atoms with Crippen LogP contribution in [0.5, 0.6) is 0 Å². The predicted octanol–water partition coefficient (Wildman–Crippen LogP) is 3.56. The van der Waals surface area contributed by atoms with Crippen LogP contribution in [0.3, 0.4) is 0 Å². The Morgan fingerprint density at radius 1 is 1.15 bits per heavy atom. The third-order valence-electron chi connectivity index (χ3n) is 4.56.